The Labute approximate surface area is 101 Å². The smallest absolute Gasteiger partial charge is 0.0896 e. The standard InChI is InChI=1S/C12H18N4O/c1-16-9-11(8-15-16)12-10(3-6-17-12)7-14-5-2-4-13/h8-10,12,14H,2-3,5-7H2,1H3/t10-,12+/m0/s1. The third-order valence-electron chi connectivity index (χ3n) is 3.09. The van der Waals surface area contributed by atoms with Gasteiger partial charge in [0.15, 0.2) is 0 Å². The van der Waals surface area contributed by atoms with E-state index in [1.54, 1.807) is 4.68 Å². The molecule has 0 unspecified atom stereocenters. The van der Waals surface area contributed by atoms with Crippen LogP contribution in [0.5, 0.6) is 0 Å². The highest BCUT2D eigenvalue weighted by atomic mass is 16.5. The molecule has 1 aliphatic rings. The zero-order valence-corrected chi connectivity index (χ0v) is 10.1. The molecule has 2 rings (SSSR count). The largest absolute Gasteiger partial charge is 0.373 e. The number of hydrogen-bond acceptors (Lipinski definition) is 4. The molecule has 1 aromatic rings. The van der Waals surface area contributed by atoms with Gasteiger partial charge in [0.05, 0.1) is 18.4 Å². The Bertz CT molecular complexity index is 395. The molecule has 17 heavy (non-hydrogen) atoms. The number of rotatable bonds is 5. The Morgan fingerprint density at radius 3 is 3.29 bits per heavy atom. The van der Waals surface area contributed by atoms with E-state index in [0.717, 1.165) is 31.7 Å². The van der Waals surface area contributed by atoms with E-state index in [4.69, 9.17) is 10.00 Å². The summed E-state index contributed by atoms with van der Waals surface area (Å²) in [6.07, 6.45) is 5.67. The average Bonchev–Trinajstić information content (AvgIpc) is 2.93. The van der Waals surface area contributed by atoms with Gasteiger partial charge in [0.25, 0.3) is 0 Å². The van der Waals surface area contributed by atoms with Crippen molar-refractivity contribution in [3.8, 4) is 6.07 Å². The SMILES string of the molecule is Cn1cc([C@@H]2OCC[C@H]2CNCCC#N)cn1. The number of aromatic nitrogens is 2. The normalized spacial score (nSPS) is 23.8. The zero-order chi connectivity index (χ0) is 12.1. The van der Waals surface area contributed by atoms with E-state index in [9.17, 15) is 0 Å². The van der Waals surface area contributed by atoms with E-state index < -0.39 is 0 Å². The molecule has 0 amide bonds. The van der Waals surface area contributed by atoms with E-state index in [-0.39, 0.29) is 6.10 Å². The predicted molar refractivity (Wildman–Crippen MR) is 63.1 cm³/mol. The first-order valence-corrected chi connectivity index (χ1v) is 5.99. The molecule has 1 fully saturated rings. The summed E-state index contributed by atoms with van der Waals surface area (Å²) in [7, 11) is 1.92. The van der Waals surface area contributed by atoms with Gasteiger partial charge in [0.1, 0.15) is 0 Å². The molecule has 92 valence electrons. The molecule has 1 aromatic heterocycles. The van der Waals surface area contributed by atoms with E-state index >= 15 is 0 Å². The lowest BCUT2D eigenvalue weighted by Gasteiger charge is -2.17. The Morgan fingerprint density at radius 1 is 1.71 bits per heavy atom. The molecular weight excluding hydrogens is 216 g/mol. The summed E-state index contributed by atoms with van der Waals surface area (Å²) in [5.74, 6) is 0.484. The molecular formula is C12H18N4O. The lowest BCUT2D eigenvalue weighted by Crippen LogP contribution is -2.25. The van der Waals surface area contributed by atoms with Crippen LogP contribution < -0.4 is 5.32 Å². The Kier molecular flexibility index (Phi) is 4.13. The molecule has 1 N–H and O–H groups in total. The van der Waals surface area contributed by atoms with E-state index in [0.29, 0.717) is 12.3 Å². The Hall–Kier alpha value is -1.38. The van der Waals surface area contributed by atoms with Crippen LogP contribution in [0.15, 0.2) is 12.4 Å². The lowest BCUT2D eigenvalue weighted by atomic mass is 9.97. The summed E-state index contributed by atoms with van der Waals surface area (Å²) >= 11 is 0. The van der Waals surface area contributed by atoms with Crippen LogP contribution >= 0.6 is 0 Å². The van der Waals surface area contributed by atoms with Gasteiger partial charge in [0.2, 0.25) is 0 Å². The van der Waals surface area contributed by atoms with Gasteiger partial charge in [0, 0.05) is 50.8 Å². The molecule has 0 aromatic carbocycles. The fourth-order valence-electron chi connectivity index (χ4n) is 2.23. The van der Waals surface area contributed by atoms with Gasteiger partial charge in [-0.3, -0.25) is 4.68 Å². The van der Waals surface area contributed by atoms with Crippen molar-refractivity contribution >= 4 is 0 Å². The second kappa shape index (κ2) is 5.80. The number of aryl methyl sites for hydroxylation is 1. The first kappa shape index (κ1) is 12.1. The third kappa shape index (κ3) is 3.05. The highest BCUT2D eigenvalue weighted by molar-refractivity contribution is 5.11. The summed E-state index contributed by atoms with van der Waals surface area (Å²) in [6.45, 7) is 2.47. The maximum atomic E-state index is 8.47. The minimum absolute atomic E-state index is 0.151. The van der Waals surface area contributed by atoms with Gasteiger partial charge in [-0.2, -0.15) is 10.4 Å². The van der Waals surface area contributed by atoms with Crippen molar-refractivity contribution in [3.05, 3.63) is 18.0 Å². The fraction of sp³-hybridized carbons (Fsp3) is 0.667. The molecule has 0 spiro atoms. The van der Waals surface area contributed by atoms with Crippen molar-refractivity contribution in [1.82, 2.24) is 15.1 Å². The summed E-state index contributed by atoms with van der Waals surface area (Å²) in [6, 6.07) is 2.13. The third-order valence-corrected chi connectivity index (χ3v) is 3.09. The van der Waals surface area contributed by atoms with Gasteiger partial charge in [-0.1, -0.05) is 0 Å². The minimum Gasteiger partial charge on any atom is -0.373 e. The molecule has 1 aliphatic heterocycles. The van der Waals surface area contributed by atoms with Gasteiger partial charge in [-0.15, -0.1) is 0 Å². The van der Waals surface area contributed by atoms with Gasteiger partial charge >= 0.3 is 0 Å². The van der Waals surface area contributed by atoms with E-state index in [2.05, 4.69) is 16.5 Å². The molecule has 0 radical (unpaired) electrons. The zero-order valence-electron chi connectivity index (χ0n) is 10.1. The van der Waals surface area contributed by atoms with Crippen LogP contribution in [0.2, 0.25) is 0 Å². The van der Waals surface area contributed by atoms with Crippen LogP contribution in [0.3, 0.4) is 0 Å². The quantitative estimate of drug-likeness (QED) is 0.772. The van der Waals surface area contributed by atoms with Gasteiger partial charge in [-0.25, -0.2) is 0 Å². The van der Waals surface area contributed by atoms with Crippen molar-refractivity contribution in [2.75, 3.05) is 19.7 Å². The van der Waals surface area contributed by atoms with Crippen LogP contribution in [0, 0.1) is 17.2 Å². The van der Waals surface area contributed by atoms with Crippen molar-refractivity contribution in [2.45, 2.75) is 18.9 Å². The summed E-state index contributed by atoms with van der Waals surface area (Å²) in [5, 5.41) is 15.9. The van der Waals surface area contributed by atoms with Crippen molar-refractivity contribution in [3.63, 3.8) is 0 Å². The van der Waals surface area contributed by atoms with Crippen molar-refractivity contribution in [2.24, 2.45) is 13.0 Å². The number of nitriles is 1. The minimum atomic E-state index is 0.151. The average molecular weight is 234 g/mol. The number of ether oxygens (including phenoxy) is 1. The number of nitrogens with one attached hydrogen (secondary N) is 1. The topological polar surface area (TPSA) is 62.9 Å². The molecule has 2 atom stereocenters. The van der Waals surface area contributed by atoms with Crippen LogP contribution in [0.4, 0.5) is 0 Å². The monoisotopic (exact) mass is 234 g/mol. The number of hydrogen-bond donors (Lipinski definition) is 1. The molecule has 1 saturated heterocycles. The summed E-state index contributed by atoms with van der Waals surface area (Å²) < 4.78 is 7.57. The lowest BCUT2D eigenvalue weighted by molar-refractivity contribution is 0.0905. The summed E-state index contributed by atoms with van der Waals surface area (Å²) in [4.78, 5) is 0. The second-order valence-electron chi connectivity index (χ2n) is 4.40. The van der Waals surface area contributed by atoms with E-state index in [1.807, 2.05) is 19.4 Å². The molecule has 0 bridgehead atoms. The fourth-order valence-corrected chi connectivity index (χ4v) is 2.23. The number of nitrogens with zero attached hydrogens (tertiary/aromatic N) is 3. The highest BCUT2D eigenvalue weighted by Crippen LogP contribution is 2.33. The van der Waals surface area contributed by atoms with Crippen LogP contribution in [-0.2, 0) is 11.8 Å². The maximum Gasteiger partial charge on any atom is 0.0896 e. The predicted octanol–water partition coefficient (Wildman–Crippen LogP) is 1.00. The van der Waals surface area contributed by atoms with Crippen LogP contribution in [0.1, 0.15) is 24.5 Å². The highest BCUT2D eigenvalue weighted by Gasteiger charge is 2.29. The molecule has 5 heteroatoms. The molecule has 5 nitrogen and oxygen atoms in total. The first-order valence-electron chi connectivity index (χ1n) is 5.99. The van der Waals surface area contributed by atoms with Gasteiger partial charge < -0.3 is 10.1 Å². The molecule has 0 saturated carbocycles. The Morgan fingerprint density at radius 2 is 2.59 bits per heavy atom. The van der Waals surface area contributed by atoms with Crippen molar-refractivity contribution < 1.29 is 4.74 Å². The van der Waals surface area contributed by atoms with Gasteiger partial charge in [-0.05, 0) is 6.42 Å². The van der Waals surface area contributed by atoms with Crippen molar-refractivity contribution in [1.29, 1.82) is 5.26 Å². The van der Waals surface area contributed by atoms with E-state index in [1.165, 1.54) is 0 Å². The summed E-state index contributed by atoms with van der Waals surface area (Å²) in [5.41, 5.74) is 1.15. The first-order chi connectivity index (χ1) is 8.31. The van der Waals surface area contributed by atoms with Crippen LogP contribution in [-0.4, -0.2) is 29.5 Å². The molecule has 2 heterocycles. The van der Waals surface area contributed by atoms with Crippen LogP contribution in [0.25, 0.3) is 0 Å². The molecule has 0 aliphatic carbocycles. The Balaban J connectivity index is 1.87. The maximum absolute atomic E-state index is 8.47. The second-order valence-corrected chi connectivity index (χ2v) is 4.40.